The Kier molecular flexibility index (Phi) is 3.23. The van der Waals surface area contributed by atoms with Gasteiger partial charge in [-0.25, -0.2) is 0 Å². The largest absolute Gasteiger partial charge is 0.390 e. The van der Waals surface area contributed by atoms with E-state index in [-0.39, 0.29) is 12.2 Å². The van der Waals surface area contributed by atoms with Crippen LogP contribution in [0.15, 0.2) is 0 Å². The Hall–Kier alpha value is -0.0800. The van der Waals surface area contributed by atoms with E-state index in [0.717, 1.165) is 25.4 Å². The molecule has 0 radical (unpaired) electrons. The summed E-state index contributed by atoms with van der Waals surface area (Å²) < 4.78 is 5.75. The predicted octanol–water partition coefficient (Wildman–Crippen LogP) is 2.11. The Bertz CT molecular complexity index is 154. The zero-order valence-electron chi connectivity index (χ0n) is 8.24. The molecule has 2 fully saturated rings. The highest BCUT2D eigenvalue weighted by Crippen LogP contribution is 2.30. The molecule has 2 rings (SSSR count). The van der Waals surface area contributed by atoms with Crippen LogP contribution in [0.3, 0.4) is 0 Å². The Labute approximate surface area is 80.3 Å². The standard InChI is InChI=1S/C11H20O2/c12-10-4-2-1-3-5-11(10)13-8-9-6-7-9/h9-12H,1-8H2. The van der Waals surface area contributed by atoms with E-state index in [0.29, 0.717) is 0 Å². The molecule has 2 nitrogen and oxygen atoms in total. The SMILES string of the molecule is OC1CCCCCC1OCC1CC1. The van der Waals surface area contributed by atoms with Crippen LogP contribution in [0.2, 0.25) is 0 Å². The minimum Gasteiger partial charge on any atom is -0.390 e. The average molecular weight is 184 g/mol. The summed E-state index contributed by atoms with van der Waals surface area (Å²) in [5.74, 6) is 0.815. The lowest BCUT2D eigenvalue weighted by atomic mass is 10.1. The molecule has 2 atom stereocenters. The van der Waals surface area contributed by atoms with Crippen LogP contribution < -0.4 is 0 Å². The van der Waals surface area contributed by atoms with Crippen molar-refractivity contribution in [1.29, 1.82) is 0 Å². The van der Waals surface area contributed by atoms with Crippen LogP contribution in [0, 0.1) is 5.92 Å². The number of hydrogen-bond donors (Lipinski definition) is 1. The van der Waals surface area contributed by atoms with Crippen LogP contribution in [-0.4, -0.2) is 23.9 Å². The minimum atomic E-state index is -0.193. The van der Waals surface area contributed by atoms with Crippen LogP contribution in [0.4, 0.5) is 0 Å². The Morgan fingerprint density at radius 2 is 1.77 bits per heavy atom. The summed E-state index contributed by atoms with van der Waals surface area (Å²) in [4.78, 5) is 0. The fourth-order valence-corrected chi connectivity index (χ4v) is 1.99. The average Bonchev–Trinajstić information content (AvgIpc) is 2.90. The van der Waals surface area contributed by atoms with Crippen molar-refractivity contribution in [3.8, 4) is 0 Å². The van der Waals surface area contributed by atoms with Gasteiger partial charge in [0.15, 0.2) is 0 Å². The van der Waals surface area contributed by atoms with E-state index >= 15 is 0 Å². The van der Waals surface area contributed by atoms with Gasteiger partial charge in [-0.3, -0.25) is 0 Å². The molecule has 0 heterocycles. The molecule has 1 N–H and O–H groups in total. The van der Waals surface area contributed by atoms with Gasteiger partial charge in [0, 0.05) is 6.61 Å². The van der Waals surface area contributed by atoms with Gasteiger partial charge in [-0.1, -0.05) is 19.3 Å². The van der Waals surface area contributed by atoms with Gasteiger partial charge in [-0.2, -0.15) is 0 Å². The van der Waals surface area contributed by atoms with E-state index in [4.69, 9.17) is 4.74 Å². The van der Waals surface area contributed by atoms with Gasteiger partial charge in [0.25, 0.3) is 0 Å². The quantitative estimate of drug-likeness (QED) is 0.681. The lowest BCUT2D eigenvalue weighted by Crippen LogP contribution is -2.28. The zero-order chi connectivity index (χ0) is 9.10. The van der Waals surface area contributed by atoms with Crippen molar-refractivity contribution in [3.05, 3.63) is 0 Å². The van der Waals surface area contributed by atoms with E-state index in [9.17, 15) is 5.11 Å². The number of aliphatic hydroxyl groups excluding tert-OH is 1. The summed E-state index contributed by atoms with van der Waals surface area (Å²) in [7, 11) is 0. The maximum atomic E-state index is 9.76. The van der Waals surface area contributed by atoms with Gasteiger partial charge in [-0.15, -0.1) is 0 Å². The molecule has 0 amide bonds. The van der Waals surface area contributed by atoms with E-state index in [1.807, 2.05) is 0 Å². The Morgan fingerprint density at radius 1 is 1.00 bits per heavy atom. The number of ether oxygens (including phenoxy) is 1. The first-order valence-electron chi connectivity index (χ1n) is 5.66. The summed E-state index contributed by atoms with van der Waals surface area (Å²) in [6.07, 6.45) is 8.29. The smallest absolute Gasteiger partial charge is 0.0834 e. The highest BCUT2D eigenvalue weighted by Gasteiger charge is 2.26. The normalized spacial score (nSPS) is 35.8. The third-order valence-corrected chi connectivity index (χ3v) is 3.16. The van der Waals surface area contributed by atoms with Gasteiger partial charge < -0.3 is 9.84 Å². The number of aliphatic hydroxyl groups is 1. The number of hydrogen-bond acceptors (Lipinski definition) is 2. The first-order valence-corrected chi connectivity index (χ1v) is 5.66. The molecule has 2 heteroatoms. The first kappa shape index (κ1) is 9.47. The third kappa shape index (κ3) is 2.96. The second-order valence-electron chi connectivity index (χ2n) is 4.52. The molecule has 0 aromatic heterocycles. The summed E-state index contributed by atoms with van der Waals surface area (Å²) in [6, 6.07) is 0. The van der Waals surface area contributed by atoms with Crippen molar-refractivity contribution < 1.29 is 9.84 Å². The molecular weight excluding hydrogens is 164 g/mol. The second-order valence-corrected chi connectivity index (χ2v) is 4.52. The van der Waals surface area contributed by atoms with Crippen molar-refractivity contribution in [2.24, 2.45) is 5.92 Å². The molecule has 0 spiro atoms. The van der Waals surface area contributed by atoms with Gasteiger partial charge in [-0.05, 0) is 31.6 Å². The van der Waals surface area contributed by atoms with E-state index < -0.39 is 0 Å². The van der Waals surface area contributed by atoms with E-state index in [1.54, 1.807) is 0 Å². The van der Waals surface area contributed by atoms with E-state index in [2.05, 4.69) is 0 Å². The molecule has 13 heavy (non-hydrogen) atoms. The topological polar surface area (TPSA) is 29.5 Å². The molecule has 0 aliphatic heterocycles. The lowest BCUT2D eigenvalue weighted by molar-refractivity contribution is -0.0438. The molecular formula is C11H20O2. The molecule has 0 saturated heterocycles. The molecule has 76 valence electrons. The first-order chi connectivity index (χ1) is 6.36. The molecule has 0 aromatic rings. The van der Waals surface area contributed by atoms with Gasteiger partial charge in [0.2, 0.25) is 0 Å². The van der Waals surface area contributed by atoms with Crippen molar-refractivity contribution >= 4 is 0 Å². The van der Waals surface area contributed by atoms with Crippen molar-refractivity contribution in [2.75, 3.05) is 6.61 Å². The highest BCUT2D eigenvalue weighted by molar-refractivity contribution is 4.77. The van der Waals surface area contributed by atoms with Crippen LogP contribution >= 0.6 is 0 Å². The Balaban J connectivity index is 1.72. The maximum Gasteiger partial charge on any atom is 0.0834 e. The number of rotatable bonds is 3. The van der Waals surface area contributed by atoms with Gasteiger partial charge in [0.1, 0.15) is 0 Å². The van der Waals surface area contributed by atoms with Crippen LogP contribution in [-0.2, 0) is 4.74 Å². The van der Waals surface area contributed by atoms with Gasteiger partial charge in [0.05, 0.1) is 12.2 Å². The Morgan fingerprint density at radius 3 is 2.54 bits per heavy atom. The molecule has 0 aromatic carbocycles. The van der Waals surface area contributed by atoms with Crippen molar-refractivity contribution in [2.45, 2.75) is 57.2 Å². The lowest BCUT2D eigenvalue weighted by Gasteiger charge is -2.20. The minimum absolute atomic E-state index is 0.142. The zero-order valence-corrected chi connectivity index (χ0v) is 8.24. The summed E-state index contributed by atoms with van der Waals surface area (Å²) in [6.45, 7) is 0.891. The predicted molar refractivity (Wildman–Crippen MR) is 51.6 cm³/mol. The van der Waals surface area contributed by atoms with Crippen LogP contribution in [0.25, 0.3) is 0 Å². The fourth-order valence-electron chi connectivity index (χ4n) is 1.99. The highest BCUT2D eigenvalue weighted by atomic mass is 16.5. The monoisotopic (exact) mass is 184 g/mol. The van der Waals surface area contributed by atoms with Crippen molar-refractivity contribution in [3.63, 3.8) is 0 Å². The fraction of sp³-hybridized carbons (Fsp3) is 1.00. The third-order valence-electron chi connectivity index (χ3n) is 3.16. The second kappa shape index (κ2) is 4.43. The maximum absolute atomic E-state index is 9.76. The molecule has 2 aliphatic rings. The van der Waals surface area contributed by atoms with Gasteiger partial charge >= 0.3 is 0 Å². The molecule has 0 bridgehead atoms. The molecule has 2 aliphatic carbocycles. The molecule has 2 unspecified atom stereocenters. The summed E-state index contributed by atoms with van der Waals surface area (Å²) in [5.41, 5.74) is 0. The van der Waals surface area contributed by atoms with E-state index in [1.165, 1.54) is 32.1 Å². The van der Waals surface area contributed by atoms with Crippen molar-refractivity contribution in [1.82, 2.24) is 0 Å². The van der Waals surface area contributed by atoms with Crippen LogP contribution in [0.5, 0.6) is 0 Å². The molecule has 2 saturated carbocycles. The summed E-state index contributed by atoms with van der Waals surface area (Å²) >= 11 is 0. The van der Waals surface area contributed by atoms with Crippen LogP contribution in [0.1, 0.15) is 44.9 Å². The summed E-state index contributed by atoms with van der Waals surface area (Å²) in [5, 5.41) is 9.76.